The van der Waals surface area contributed by atoms with Crippen molar-refractivity contribution >= 4 is 35.0 Å². The maximum Gasteiger partial charge on any atom is 0.265 e. The molecule has 1 heterocycles. The number of anilines is 1. The summed E-state index contributed by atoms with van der Waals surface area (Å²) in [5.41, 5.74) is 0.0108. The van der Waals surface area contributed by atoms with Crippen molar-refractivity contribution in [2.24, 2.45) is 0 Å². The van der Waals surface area contributed by atoms with Crippen LogP contribution in [0.5, 0.6) is 5.75 Å². The van der Waals surface area contributed by atoms with Gasteiger partial charge in [0, 0.05) is 5.69 Å². The summed E-state index contributed by atoms with van der Waals surface area (Å²) in [5.74, 6) is -2.50. The average Bonchev–Trinajstić information content (AvgIpc) is 2.81. The zero-order valence-corrected chi connectivity index (χ0v) is 13.8. The van der Waals surface area contributed by atoms with Gasteiger partial charge in [0.2, 0.25) is 5.91 Å². The summed E-state index contributed by atoms with van der Waals surface area (Å²) in [7, 11) is 1.46. The molecule has 0 atom stereocenters. The average molecular weight is 363 g/mol. The Kier molecular flexibility index (Phi) is 4.41. The van der Waals surface area contributed by atoms with E-state index in [1.54, 1.807) is 12.1 Å². The number of nitrogens with one attached hydrogen (secondary N) is 1. The molecule has 1 N–H and O–H groups in total. The van der Waals surface area contributed by atoms with Crippen LogP contribution in [0.25, 0.3) is 0 Å². The molecule has 8 heteroatoms. The van der Waals surface area contributed by atoms with Crippen LogP contribution in [0.4, 0.5) is 10.1 Å². The van der Waals surface area contributed by atoms with Gasteiger partial charge in [0.05, 0.1) is 23.3 Å². The van der Waals surface area contributed by atoms with Crippen LogP contribution in [0.3, 0.4) is 0 Å². The number of carbonyl (C=O) groups is 3. The lowest BCUT2D eigenvalue weighted by Crippen LogP contribution is -2.37. The summed E-state index contributed by atoms with van der Waals surface area (Å²) in [5, 5.41) is 2.82. The molecular weight excluding hydrogens is 351 g/mol. The highest BCUT2D eigenvalue weighted by Gasteiger charge is 2.38. The van der Waals surface area contributed by atoms with Gasteiger partial charge in [-0.1, -0.05) is 17.7 Å². The van der Waals surface area contributed by atoms with Gasteiger partial charge in [-0.05, 0) is 30.3 Å². The van der Waals surface area contributed by atoms with E-state index in [9.17, 15) is 18.8 Å². The summed E-state index contributed by atoms with van der Waals surface area (Å²) in [6, 6.07) is 8.37. The van der Waals surface area contributed by atoms with E-state index < -0.39 is 30.1 Å². The van der Waals surface area contributed by atoms with Crippen molar-refractivity contribution in [2.75, 3.05) is 19.0 Å². The van der Waals surface area contributed by atoms with E-state index in [0.29, 0.717) is 21.4 Å². The number of rotatable bonds is 4. The molecule has 0 aromatic heterocycles. The second-order valence-electron chi connectivity index (χ2n) is 5.26. The van der Waals surface area contributed by atoms with E-state index in [4.69, 9.17) is 16.3 Å². The minimum atomic E-state index is -0.832. The summed E-state index contributed by atoms with van der Waals surface area (Å²) in [6.07, 6.45) is 0. The second-order valence-corrected chi connectivity index (χ2v) is 5.66. The minimum absolute atomic E-state index is 0.0507. The fourth-order valence-electron chi connectivity index (χ4n) is 2.52. The van der Waals surface area contributed by atoms with Gasteiger partial charge in [-0.2, -0.15) is 0 Å². The van der Waals surface area contributed by atoms with Crippen molar-refractivity contribution in [1.82, 2.24) is 4.90 Å². The number of carbonyl (C=O) groups excluding carboxylic acids is 3. The third-order valence-electron chi connectivity index (χ3n) is 3.69. The summed E-state index contributed by atoms with van der Waals surface area (Å²) in [6.45, 7) is -0.532. The van der Waals surface area contributed by atoms with Crippen LogP contribution >= 0.6 is 11.6 Å². The lowest BCUT2D eigenvalue weighted by molar-refractivity contribution is -0.116. The highest BCUT2D eigenvalue weighted by atomic mass is 35.5. The molecule has 0 fully saturated rings. The first-order valence-electron chi connectivity index (χ1n) is 7.20. The van der Waals surface area contributed by atoms with Gasteiger partial charge < -0.3 is 10.1 Å². The summed E-state index contributed by atoms with van der Waals surface area (Å²) in [4.78, 5) is 37.2. The van der Waals surface area contributed by atoms with Crippen molar-refractivity contribution in [2.45, 2.75) is 0 Å². The van der Waals surface area contributed by atoms with Crippen molar-refractivity contribution in [3.63, 3.8) is 0 Å². The third kappa shape index (κ3) is 3.06. The monoisotopic (exact) mass is 362 g/mol. The van der Waals surface area contributed by atoms with Crippen molar-refractivity contribution < 1.29 is 23.5 Å². The van der Waals surface area contributed by atoms with E-state index in [1.807, 2.05) is 0 Å². The van der Waals surface area contributed by atoms with Crippen LogP contribution in [0.2, 0.25) is 5.02 Å². The number of nitrogens with zero attached hydrogens (tertiary/aromatic N) is 1. The molecule has 3 rings (SSSR count). The van der Waals surface area contributed by atoms with Crippen LogP contribution in [-0.4, -0.2) is 36.3 Å². The van der Waals surface area contributed by atoms with Gasteiger partial charge in [0.15, 0.2) is 0 Å². The topological polar surface area (TPSA) is 75.7 Å². The summed E-state index contributed by atoms with van der Waals surface area (Å²) >= 11 is 5.97. The van der Waals surface area contributed by atoms with Crippen LogP contribution in [-0.2, 0) is 4.79 Å². The first-order chi connectivity index (χ1) is 11.9. The predicted octanol–water partition coefficient (Wildman–Crippen LogP) is 2.72. The molecule has 0 radical (unpaired) electrons. The molecule has 0 bridgehead atoms. The lowest BCUT2D eigenvalue weighted by atomic mass is 10.1. The van der Waals surface area contributed by atoms with E-state index in [2.05, 4.69) is 5.32 Å². The van der Waals surface area contributed by atoms with Crippen molar-refractivity contribution in [3.05, 3.63) is 58.4 Å². The SMILES string of the molecule is COc1ccc(NC(=O)CN2C(=O)c3cccc(F)c3C2=O)cc1Cl. The molecule has 1 aliphatic heterocycles. The van der Waals surface area contributed by atoms with E-state index >= 15 is 0 Å². The number of halogens is 2. The molecule has 2 aromatic rings. The van der Waals surface area contributed by atoms with Gasteiger partial charge in [0.25, 0.3) is 11.8 Å². The minimum Gasteiger partial charge on any atom is -0.495 e. The highest BCUT2D eigenvalue weighted by Crippen LogP contribution is 2.28. The van der Waals surface area contributed by atoms with E-state index in [1.165, 1.54) is 25.3 Å². The fourth-order valence-corrected chi connectivity index (χ4v) is 2.78. The molecule has 0 saturated carbocycles. The maximum absolute atomic E-state index is 13.8. The van der Waals surface area contributed by atoms with Gasteiger partial charge in [-0.25, -0.2) is 4.39 Å². The Morgan fingerprint density at radius 2 is 2.00 bits per heavy atom. The largest absolute Gasteiger partial charge is 0.495 e. The Morgan fingerprint density at radius 1 is 1.24 bits per heavy atom. The van der Waals surface area contributed by atoms with Gasteiger partial charge in [0.1, 0.15) is 18.1 Å². The number of ether oxygens (including phenoxy) is 1. The smallest absolute Gasteiger partial charge is 0.265 e. The first-order valence-corrected chi connectivity index (χ1v) is 7.58. The molecule has 0 aliphatic carbocycles. The number of amides is 3. The number of imide groups is 1. The second kappa shape index (κ2) is 6.52. The standard InChI is InChI=1S/C17H12ClFN2O4/c1-25-13-6-5-9(7-11(13)18)20-14(22)8-21-16(23)10-3-2-4-12(19)15(10)17(21)24/h2-7H,8H2,1H3,(H,20,22). The molecule has 25 heavy (non-hydrogen) atoms. The van der Waals surface area contributed by atoms with Crippen molar-refractivity contribution in [3.8, 4) is 5.75 Å². The van der Waals surface area contributed by atoms with E-state index in [-0.39, 0.29) is 11.1 Å². The van der Waals surface area contributed by atoms with Crippen LogP contribution in [0, 0.1) is 5.82 Å². The fraction of sp³-hybridized carbons (Fsp3) is 0.118. The van der Waals surface area contributed by atoms with Gasteiger partial charge in [-0.15, -0.1) is 0 Å². The molecule has 0 saturated heterocycles. The zero-order chi connectivity index (χ0) is 18.1. The molecule has 0 spiro atoms. The quantitative estimate of drug-likeness (QED) is 0.848. The molecule has 2 aromatic carbocycles. The van der Waals surface area contributed by atoms with Crippen LogP contribution in [0.1, 0.15) is 20.7 Å². The molecule has 0 unspecified atom stereocenters. The zero-order valence-electron chi connectivity index (χ0n) is 13.0. The lowest BCUT2D eigenvalue weighted by Gasteiger charge is -2.14. The Balaban J connectivity index is 1.74. The highest BCUT2D eigenvalue weighted by molar-refractivity contribution is 6.32. The Morgan fingerprint density at radius 3 is 2.64 bits per heavy atom. The van der Waals surface area contributed by atoms with Gasteiger partial charge >= 0.3 is 0 Å². The maximum atomic E-state index is 13.8. The molecule has 128 valence electrons. The van der Waals surface area contributed by atoms with Crippen LogP contribution in [0.15, 0.2) is 36.4 Å². The molecule has 1 aliphatic rings. The number of hydrogen-bond donors (Lipinski definition) is 1. The summed E-state index contributed by atoms with van der Waals surface area (Å²) < 4.78 is 18.8. The third-order valence-corrected chi connectivity index (χ3v) is 3.98. The molecule has 3 amide bonds. The number of methoxy groups -OCH3 is 1. The predicted molar refractivity (Wildman–Crippen MR) is 88.4 cm³/mol. The number of benzene rings is 2. The Bertz CT molecular complexity index is 900. The van der Waals surface area contributed by atoms with Gasteiger partial charge in [-0.3, -0.25) is 19.3 Å². The van der Waals surface area contributed by atoms with Crippen molar-refractivity contribution in [1.29, 1.82) is 0 Å². The number of hydrogen-bond acceptors (Lipinski definition) is 4. The first kappa shape index (κ1) is 16.9. The molecular formula is C17H12ClFN2O4. The number of fused-ring (bicyclic) bond motifs is 1. The molecule has 6 nitrogen and oxygen atoms in total. The normalized spacial score (nSPS) is 13.0. The van der Waals surface area contributed by atoms with E-state index in [0.717, 1.165) is 6.07 Å². The Labute approximate surface area is 147 Å². The Hall–Kier alpha value is -2.93. The van der Waals surface area contributed by atoms with Crippen LogP contribution < -0.4 is 10.1 Å².